The fraction of sp³-hybridized carbons (Fsp3) is 0.214. The van der Waals surface area contributed by atoms with E-state index < -0.39 is 5.95 Å². The third-order valence-corrected chi connectivity index (χ3v) is 2.75. The lowest BCUT2D eigenvalue weighted by atomic mass is 10.1. The van der Waals surface area contributed by atoms with Crippen LogP contribution in [0.2, 0.25) is 0 Å². The van der Waals surface area contributed by atoms with Crippen LogP contribution in [-0.4, -0.2) is 12.1 Å². The zero-order valence-corrected chi connectivity index (χ0v) is 10.7. The number of nitrogens with zero attached hydrogens (tertiary/aromatic N) is 1. The van der Waals surface area contributed by atoms with Gasteiger partial charge in [-0.05, 0) is 25.1 Å². The van der Waals surface area contributed by atoms with Gasteiger partial charge in [-0.3, -0.25) is 0 Å². The Morgan fingerprint density at radius 1 is 1.21 bits per heavy atom. The van der Waals surface area contributed by atoms with Crippen LogP contribution in [0.25, 0.3) is 0 Å². The minimum Gasteiger partial charge on any atom is -0.497 e. The molecule has 0 bridgehead atoms. The van der Waals surface area contributed by atoms with Gasteiger partial charge in [-0.15, -0.1) is 0 Å². The van der Waals surface area contributed by atoms with Crippen LogP contribution in [0, 0.1) is 11.8 Å². The van der Waals surface area contributed by atoms with Gasteiger partial charge in [-0.2, -0.15) is 4.39 Å². The highest BCUT2D eigenvalue weighted by Crippen LogP contribution is 2.24. The smallest absolute Gasteiger partial charge is 0.214 e. The van der Waals surface area contributed by atoms with Crippen molar-refractivity contribution in [1.82, 2.24) is 4.98 Å². The van der Waals surface area contributed by atoms with Crippen molar-refractivity contribution in [2.45, 2.75) is 13.0 Å². The van der Waals surface area contributed by atoms with Gasteiger partial charge in [0.05, 0.1) is 13.2 Å². The molecule has 5 heteroatoms. The summed E-state index contributed by atoms with van der Waals surface area (Å²) in [6, 6.07) is 8.71. The molecule has 1 aromatic heterocycles. The molecule has 1 aromatic carbocycles. The second kappa shape index (κ2) is 5.65. The lowest BCUT2D eigenvalue weighted by Gasteiger charge is -2.16. The standard InChI is InChI=1S/C14H14F2N2O/c1-9(17-14-5-3-4-13(16)18-14)11-7-6-10(19-2)8-12(11)15/h3-9H,1-2H3,(H,17,18). The minimum absolute atomic E-state index is 0.333. The van der Waals surface area contributed by atoms with Crippen molar-refractivity contribution in [2.75, 3.05) is 12.4 Å². The Labute approximate surface area is 110 Å². The quantitative estimate of drug-likeness (QED) is 0.858. The summed E-state index contributed by atoms with van der Waals surface area (Å²) in [5.41, 5.74) is 0.465. The Morgan fingerprint density at radius 2 is 2.00 bits per heavy atom. The zero-order valence-electron chi connectivity index (χ0n) is 10.7. The molecular weight excluding hydrogens is 250 g/mol. The van der Waals surface area contributed by atoms with E-state index in [1.165, 1.54) is 19.2 Å². The molecule has 1 atom stereocenters. The maximum absolute atomic E-state index is 13.9. The Morgan fingerprint density at radius 3 is 2.63 bits per heavy atom. The van der Waals surface area contributed by atoms with Gasteiger partial charge in [0, 0.05) is 11.6 Å². The van der Waals surface area contributed by atoms with E-state index in [0.29, 0.717) is 17.1 Å². The summed E-state index contributed by atoms with van der Waals surface area (Å²) in [7, 11) is 1.48. The monoisotopic (exact) mass is 264 g/mol. The SMILES string of the molecule is COc1ccc(C(C)Nc2cccc(F)n2)c(F)c1. The summed E-state index contributed by atoms with van der Waals surface area (Å²) in [4.78, 5) is 3.68. The molecule has 0 amide bonds. The minimum atomic E-state index is -0.576. The molecule has 2 rings (SSSR count). The van der Waals surface area contributed by atoms with Gasteiger partial charge in [0.2, 0.25) is 5.95 Å². The number of aromatic nitrogens is 1. The van der Waals surface area contributed by atoms with Gasteiger partial charge in [0.1, 0.15) is 17.4 Å². The van der Waals surface area contributed by atoms with Crippen LogP contribution in [-0.2, 0) is 0 Å². The number of ether oxygens (including phenoxy) is 1. The molecular formula is C14H14F2N2O. The van der Waals surface area contributed by atoms with Crippen molar-refractivity contribution in [1.29, 1.82) is 0 Å². The number of halogens is 2. The summed E-state index contributed by atoms with van der Waals surface area (Å²) in [5.74, 6) is -0.136. The number of pyridine rings is 1. The molecule has 1 heterocycles. The van der Waals surface area contributed by atoms with Crippen molar-refractivity contribution in [3.05, 3.63) is 53.7 Å². The molecule has 0 aliphatic carbocycles. The van der Waals surface area contributed by atoms with Crippen LogP contribution in [0.15, 0.2) is 36.4 Å². The van der Waals surface area contributed by atoms with E-state index >= 15 is 0 Å². The number of anilines is 1. The first kappa shape index (κ1) is 13.3. The Bertz CT molecular complexity index is 575. The molecule has 0 saturated heterocycles. The predicted octanol–water partition coefficient (Wildman–Crippen LogP) is 3.54. The number of hydrogen-bond acceptors (Lipinski definition) is 3. The number of rotatable bonds is 4. The maximum atomic E-state index is 13.9. The lowest BCUT2D eigenvalue weighted by Crippen LogP contribution is -2.10. The number of nitrogens with one attached hydrogen (secondary N) is 1. The fourth-order valence-electron chi connectivity index (χ4n) is 1.77. The lowest BCUT2D eigenvalue weighted by molar-refractivity contribution is 0.410. The van der Waals surface area contributed by atoms with Gasteiger partial charge in [-0.25, -0.2) is 9.37 Å². The molecule has 0 fully saturated rings. The van der Waals surface area contributed by atoms with Crippen molar-refractivity contribution in [3.63, 3.8) is 0 Å². The summed E-state index contributed by atoms with van der Waals surface area (Å²) >= 11 is 0. The van der Waals surface area contributed by atoms with E-state index in [2.05, 4.69) is 10.3 Å². The van der Waals surface area contributed by atoms with Crippen molar-refractivity contribution in [3.8, 4) is 5.75 Å². The Hall–Kier alpha value is -2.17. The predicted molar refractivity (Wildman–Crippen MR) is 69.2 cm³/mol. The van der Waals surface area contributed by atoms with Gasteiger partial charge >= 0.3 is 0 Å². The van der Waals surface area contributed by atoms with Crippen molar-refractivity contribution >= 4 is 5.82 Å². The van der Waals surface area contributed by atoms with Crippen LogP contribution in [0.5, 0.6) is 5.75 Å². The fourth-order valence-corrected chi connectivity index (χ4v) is 1.77. The molecule has 1 N–H and O–H groups in total. The average Bonchev–Trinajstić information content (AvgIpc) is 2.38. The van der Waals surface area contributed by atoms with Gasteiger partial charge in [0.25, 0.3) is 0 Å². The Balaban J connectivity index is 2.18. The molecule has 0 radical (unpaired) electrons. The van der Waals surface area contributed by atoms with Gasteiger partial charge < -0.3 is 10.1 Å². The molecule has 0 aliphatic heterocycles. The molecule has 0 spiro atoms. The highest BCUT2D eigenvalue weighted by Gasteiger charge is 2.12. The van der Waals surface area contributed by atoms with E-state index in [1.54, 1.807) is 31.2 Å². The largest absolute Gasteiger partial charge is 0.497 e. The molecule has 19 heavy (non-hydrogen) atoms. The third kappa shape index (κ3) is 3.19. The molecule has 0 saturated carbocycles. The zero-order chi connectivity index (χ0) is 13.8. The van der Waals surface area contributed by atoms with Gasteiger partial charge in [0.15, 0.2) is 0 Å². The Kier molecular flexibility index (Phi) is 3.94. The van der Waals surface area contributed by atoms with Gasteiger partial charge in [-0.1, -0.05) is 12.1 Å². The topological polar surface area (TPSA) is 34.1 Å². The highest BCUT2D eigenvalue weighted by molar-refractivity contribution is 5.39. The summed E-state index contributed by atoms with van der Waals surface area (Å²) in [6.07, 6.45) is 0. The maximum Gasteiger partial charge on any atom is 0.214 e. The van der Waals surface area contributed by atoms with Crippen LogP contribution in [0.1, 0.15) is 18.5 Å². The summed E-state index contributed by atoms with van der Waals surface area (Å²) in [6.45, 7) is 1.78. The number of benzene rings is 1. The van der Waals surface area contributed by atoms with Crippen molar-refractivity contribution in [2.24, 2.45) is 0 Å². The first-order chi connectivity index (χ1) is 9.10. The van der Waals surface area contributed by atoms with E-state index in [1.807, 2.05) is 0 Å². The van der Waals surface area contributed by atoms with Crippen LogP contribution in [0.3, 0.4) is 0 Å². The second-order valence-electron chi connectivity index (χ2n) is 4.10. The van der Waals surface area contributed by atoms with E-state index in [4.69, 9.17) is 4.74 Å². The van der Waals surface area contributed by atoms with E-state index in [-0.39, 0.29) is 11.9 Å². The number of methoxy groups -OCH3 is 1. The first-order valence-electron chi connectivity index (χ1n) is 5.82. The first-order valence-corrected chi connectivity index (χ1v) is 5.82. The summed E-state index contributed by atoms with van der Waals surface area (Å²) < 4.78 is 31.8. The van der Waals surface area contributed by atoms with Crippen LogP contribution >= 0.6 is 0 Å². The van der Waals surface area contributed by atoms with E-state index in [0.717, 1.165) is 0 Å². The van der Waals surface area contributed by atoms with Crippen LogP contribution < -0.4 is 10.1 Å². The second-order valence-corrected chi connectivity index (χ2v) is 4.10. The van der Waals surface area contributed by atoms with Crippen molar-refractivity contribution < 1.29 is 13.5 Å². The highest BCUT2D eigenvalue weighted by atomic mass is 19.1. The molecule has 2 aromatic rings. The third-order valence-electron chi connectivity index (χ3n) is 2.75. The van der Waals surface area contributed by atoms with E-state index in [9.17, 15) is 8.78 Å². The normalized spacial score (nSPS) is 12.0. The summed E-state index contributed by atoms with van der Waals surface area (Å²) in [5, 5.41) is 2.95. The molecule has 1 unspecified atom stereocenters. The number of hydrogen-bond donors (Lipinski definition) is 1. The molecule has 3 nitrogen and oxygen atoms in total. The average molecular weight is 264 g/mol. The molecule has 0 aliphatic rings. The van der Waals surface area contributed by atoms with Crippen LogP contribution in [0.4, 0.5) is 14.6 Å². The molecule has 100 valence electrons.